The monoisotopic (exact) mass is 253 g/mol. The molecule has 3 heteroatoms. The molecule has 0 aromatic heterocycles. The lowest BCUT2D eigenvalue weighted by atomic mass is 9.79. The molecule has 1 saturated carbocycles. The van der Waals surface area contributed by atoms with Crippen LogP contribution in [0.3, 0.4) is 0 Å². The van der Waals surface area contributed by atoms with Gasteiger partial charge in [0.1, 0.15) is 0 Å². The molecule has 3 rings (SSSR count). The number of nitrogens with one attached hydrogen (secondary N) is 1. The second kappa shape index (κ2) is 5.10. The van der Waals surface area contributed by atoms with Crippen LogP contribution in [0.2, 0.25) is 0 Å². The fraction of sp³-hybridized carbons (Fsp3) is 1.00. The molecule has 2 saturated heterocycles. The molecule has 1 spiro atoms. The minimum atomic E-state index is -0.249. The highest BCUT2D eigenvalue weighted by atomic mass is 16.7. The third kappa shape index (κ3) is 2.59. The maximum atomic E-state index is 6.39. The normalized spacial score (nSPS) is 49.7. The number of ether oxygens (including phenoxy) is 2. The van der Waals surface area contributed by atoms with Gasteiger partial charge in [0.05, 0.1) is 12.7 Å². The second-order valence-corrected chi connectivity index (χ2v) is 6.79. The van der Waals surface area contributed by atoms with Crippen LogP contribution < -0.4 is 5.32 Å². The van der Waals surface area contributed by atoms with Crippen molar-refractivity contribution in [3.63, 3.8) is 0 Å². The van der Waals surface area contributed by atoms with Crippen molar-refractivity contribution in [1.82, 2.24) is 5.32 Å². The molecule has 18 heavy (non-hydrogen) atoms. The van der Waals surface area contributed by atoms with E-state index in [9.17, 15) is 0 Å². The highest BCUT2D eigenvalue weighted by Gasteiger charge is 2.47. The van der Waals surface area contributed by atoms with Crippen molar-refractivity contribution in [3.8, 4) is 0 Å². The summed E-state index contributed by atoms with van der Waals surface area (Å²) in [6.45, 7) is 6.59. The number of hydrogen-bond donors (Lipinski definition) is 1. The Bertz CT molecular complexity index is 278. The van der Waals surface area contributed by atoms with E-state index in [2.05, 4.69) is 19.2 Å². The molecule has 4 unspecified atom stereocenters. The predicted octanol–water partition coefficient (Wildman–Crippen LogP) is 2.70. The molecule has 3 fully saturated rings. The van der Waals surface area contributed by atoms with Gasteiger partial charge in [-0.3, -0.25) is 0 Å². The maximum Gasteiger partial charge on any atom is 0.169 e. The molecule has 2 aliphatic heterocycles. The third-order valence-electron chi connectivity index (χ3n) is 4.80. The summed E-state index contributed by atoms with van der Waals surface area (Å²) in [5.74, 6) is 1.21. The standard InChI is InChI=1S/C15H27NO2/c1-11-7-12(2)9-15(8-11)17-10-14(18-15)13-5-3-4-6-16-13/h11-14,16H,3-10H2,1-2H3. The van der Waals surface area contributed by atoms with Crippen molar-refractivity contribution in [2.75, 3.05) is 13.2 Å². The second-order valence-electron chi connectivity index (χ2n) is 6.79. The molecule has 0 aromatic carbocycles. The Morgan fingerprint density at radius 2 is 1.89 bits per heavy atom. The molecular weight excluding hydrogens is 226 g/mol. The van der Waals surface area contributed by atoms with Gasteiger partial charge in [-0.15, -0.1) is 0 Å². The first-order valence-corrected chi connectivity index (χ1v) is 7.72. The van der Waals surface area contributed by atoms with E-state index in [-0.39, 0.29) is 11.9 Å². The van der Waals surface area contributed by atoms with E-state index in [1.807, 2.05) is 0 Å². The molecule has 104 valence electrons. The summed E-state index contributed by atoms with van der Waals surface area (Å²) in [5.41, 5.74) is 0. The zero-order valence-electron chi connectivity index (χ0n) is 11.8. The number of hydrogen-bond acceptors (Lipinski definition) is 3. The lowest BCUT2D eigenvalue weighted by Gasteiger charge is -2.39. The lowest BCUT2D eigenvalue weighted by molar-refractivity contribution is -0.206. The van der Waals surface area contributed by atoms with E-state index in [1.54, 1.807) is 0 Å². The summed E-state index contributed by atoms with van der Waals surface area (Å²) >= 11 is 0. The van der Waals surface area contributed by atoms with E-state index >= 15 is 0 Å². The summed E-state index contributed by atoms with van der Waals surface area (Å²) in [6, 6.07) is 0.519. The third-order valence-corrected chi connectivity index (χ3v) is 4.80. The van der Waals surface area contributed by atoms with Crippen LogP contribution in [0.25, 0.3) is 0 Å². The van der Waals surface area contributed by atoms with Crippen LogP contribution >= 0.6 is 0 Å². The van der Waals surface area contributed by atoms with E-state index < -0.39 is 0 Å². The summed E-state index contributed by atoms with van der Waals surface area (Å²) in [7, 11) is 0. The SMILES string of the molecule is CC1CC(C)CC2(C1)OCC(C1CCCCN1)O2. The molecule has 3 nitrogen and oxygen atoms in total. The lowest BCUT2D eigenvalue weighted by Crippen LogP contribution is -2.46. The van der Waals surface area contributed by atoms with E-state index in [0.717, 1.165) is 37.8 Å². The van der Waals surface area contributed by atoms with E-state index in [0.29, 0.717) is 6.04 Å². The maximum absolute atomic E-state index is 6.39. The smallest absolute Gasteiger partial charge is 0.169 e. The van der Waals surface area contributed by atoms with Crippen LogP contribution in [-0.2, 0) is 9.47 Å². The van der Waals surface area contributed by atoms with Gasteiger partial charge >= 0.3 is 0 Å². The van der Waals surface area contributed by atoms with Crippen LogP contribution in [0, 0.1) is 11.8 Å². The molecule has 2 heterocycles. The molecule has 0 bridgehead atoms. The topological polar surface area (TPSA) is 30.5 Å². The largest absolute Gasteiger partial charge is 0.347 e. The number of piperidine rings is 1. The Labute approximate surface area is 111 Å². The number of rotatable bonds is 1. The van der Waals surface area contributed by atoms with Crippen molar-refractivity contribution < 1.29 is 9.47 Å². The van der Waals surface area contributed by atoms with Crippen LogP contribution in [0.5, 0.6) is 0 Å². The van der Waals surface area contributed by atoms with Crippen molar-refractivity contribution in [3.05, 3.63) is 0 Å². The first kappa shape index (κ1) is 12.9. The average molecular weight is 253 g/mol. The zero-order valence-corrected chi connectivity index (χ0v) is 11.8. The van der Waals surface area contributed by atoms with E-state index in [1.165, 1.54) is 25.7 Å². The van der Waals surface area contributed by atoms with Gasteiger partial charge in [-0.05, 0) is 37.6 Å². The highest BCUT2D eigenvalue weighted by molar-refractivity contribution is 4.91. The van der Waals surface area contributed by atoms with Crippen LogP contribution in [0.4, 0.5) is 0 Å². The van der Waals surface area contributed by atoms with Crippen molar-refractivity contribution in [1.29, 1.82) is 0 Å². The molecule has 0 amide bonds. The van der Waals surface area contributed by atoms with E-state index in [4.69, 9.17) is 9.47 Å². The first-order valence-electron chi connectivity index (χ1n) is 7.72. The zero-order chi connectivity index (χ0) is 12.6. The summed E-state index contributed by atoms with van der Waals surface area (Å²) in [6.07, 6.45) is 7.65. The minimum absolute atomic E-state index is 0.249. The molecule has 3 aliphatic rings. The Hall–Kier alpha value is -0.120. The Balaban J connectivity index is 1.62. The quantitative estimate of drug-likeness (QED) is 0.779. The fourth-order valence-corrected chi connectivity index (χ4v) is 4.19. The molecule has 0 aromatic rings. The van der Waals surface area contributed by atoms with Crippen LogP contribution in [0.1, 0.15) is 52.4 Å². The average Bonchev–Trinajstić information content (AvgIpc) is 2.72. The van der Waals surface area contributed by atoms with Crippen LogP contribution in [-0.4, -0.2) is 31.1 Å². The van der Waals surface area contributed by atoms with Gasteiger partial charge in [0.15, 0.2) is 5.79 Å². The molecule has 1 N–H and O–H groups in total. The molecular formula is C15H27NO2. The summed E-state index contributed by atoms with van der Waals surface area (Å²) < 4.78 is 12.5. The van der Waals surface area contributed by atoms with Gasteiger partial charge in [-0.25, -0.2) is 0 Å². The summed E-state index contributed by atoms with van der Waals surface area (Å²) in [4.78, 5) is 0. The Kier molecular flexibility index (Phi) is 3.65. The minimum Gasteiger partial charge on any atom is -0.347 e. The van der Waals surface area contributed by atoms with Gasteiger partial charge in [0.25, 0.3) is 0 Å². The van der Waals surface area contributed by atoms with Crippen molar-refractivity contribution in [2.24, 2.45) is 11.8 Å². The molecule has 0 radical (unpaired) electrons. The Morgan fingerprint density at radius 1 is 1.11 bits per heavy atom. The van der Waals surface area contributed by atoms with Gasteiger partial charge in [-0.1, -0.05) is 20.3 Å². The first-order chi connectivity index (χ1) is 8.67. The van der Waals surface area contributed by atoms with Gasteiger partial charge in [0.2, 0.25) is 0 Å². The van der Waals surface area contributed by atoms with Crippen LogP contribution in [0.15, 0.2) is 0 Å². The predicted molar refractivity (Wildman–Crippen MR) is 71.4 cm³/mol. The fourth-order valence-electron chi connectivity index (χ4n) is 4.19. The molecule has 4 atom stereocenters. The highest BCUT2D eigenvalue weighted by Crippen LogP contribution is 2.43. The molecule has 1 aliphatic carbocycles. The van der Waals surface area contributed by atoms with Gasteiger partial charge < -0.3 is 14.8 Å². The Morgan fingerprint density at radius 3 is 2.56 bits per heavy atom. The summed E-state index contributed by atoms with van der Waals surface area (Å²) in [5, 5.41) is 3.60. The van der Waals surface area contributed by atoms with Crippen molar-refractivity contribution >= 4 is 0 Å². The van der Waals surface area contributed by atoms with Crippen molar-refractivity contribution in [2.45, 2.75) is 70.3 Å². The van der Waals surface area contributed by atoms with Gasteiger partial charge in [-0.2, -0.15) is 0 Å². The van der Waals surface area contributed by atoms with Gasteiger partial charge in [0, 0.05) is 18.9 Å².